The number of fused-ring (bicyclic) bond motifs is 1. The van der Waals surface area contributed by atoms with Crippen molar-refractivity contribution in [3.05, 3.63) is 36.5 Å². The smallest absolute Gasteiger partial charge is 0.264 e. The second-order valence-corrected chi connectivity index (χ2v) is 5.39. The Bertz CT molecular complexity index is 634. The number of hydrogen-bond acceptors (Lipinski definition) is 4. The molecule has 0 aliphatic heterocycles. The van der Waals surface area contributed by atoms with Crippen LogP contribution in [0.3, 0.4) is 0 Å². The Labute approximate surface area is 105 Å². The number of nitrogens with zero attached hydrogens (tertiary/aromatic N) is 1. The summed E-state index contributed by atoms with van der Waals surface area (Å²) in [5.41, 5.74) is 0.742. The molecule has 6 heteroatoms. The monoisotopic (exact) mass is 267 g/mol. The van der Waals surface area contributed by atoms with Crippen LogP contribution in [0, 0.1) is 0 Å². The molecule has 0 saturated heterocycles. The summed E-state index contributed by atoms with van der Waals surface area (Å²) in [6.07, 6.45) is 1.91. The second-order valence-electron chi connectivity index (χ2n) is 3.82. The fourth-order valence-corrected chi connectivity index (χ4v) is 2.10. The summed E-state index contributed by atoms with van der Waals surface area (Å²) in [4.78, 5) is 4.22. The Hall–Kier alpha value is -1.66. The molecule has 1 heterocycles. The van der Waals surface area contributed by atoms with E-state index in [2.05, 4.69) is 4.98 Å². The first-order chi connectivity index (χ1) is 8.56. The SMILES string of the molecule is O=S(=O)(O)CCCOc1cccc2cccnc12. The Morgan fingerprint density at radius 2 is 2.00 bits per heavy atom. The maximum absolute atomic E-state index is 10.5. The Kier molecular flexibility index (Phi) is 3.78. The fourth-order valence-electron chi connectivity index (χ4n) is 1.62. The first-order valence-electron chi connectivity index (χ1n) is 5.48. The minimum absolute atomic E-state index is 0.218. The van der Waals surface area contributed by atoms with Crippen LogP contribution < -0.4 is 4.74 Å². The number of benzene rings is 1. The van der Waals surface area contributed by atoms with Crippen LogP contribution in [0.25, 0.3) is 10.9 Å². The highest BCUT2D eigenvalue weighted by atomic mass is 32.2. The summed E-state index contributed by atoms with van der Waals surface area (Å²) in [5, 5.41) is 0.963. The summed E-state index contributed by atoms with van der Waals surface area (Å²) in [5.74, 6) is 0.314. The molecule has 1 aromatic heterocycles. The molecule has 0 unspecified atom stereocenters. The van der Waals surface area contributed by atoms with E-state index >= 15 is 0 Å². The van der Waals surface area contributed by atoms with Crippen LogP contribution in [0.5, 0.6) is 5.75 Å². The number of para-hydroxylation sites is 1. The van der Waals surface area contributed by atoms with Gasteiger partial charge in [0.1, 0.15) is 11.3 Å². The van der Waals surface area contributed by atoms with E-state index in [1.807, 2.05) is 24.3 Å². The summed E-state index contributed by atoms with van der Waals surface area (Å²) >= 11 is 0. The molecule has 0 bridgehead atoms. The topological polar surface area (TPSA) is 76.5 Å². The maximum Gasteiger partial charge on any atom is 0.264 e. The lowest BCUT2D eigenvalue weighted by atomic mass is 10.2. The fraction of sp³-hybridized carbons (Fsp3) is 0.250. The highest BCUT2D eigenvalue weighted by Crippen LogP contribution is 2.22. The first kappa shape index (κ1) is 12.8. The molecule has 0 aliphatic carbocycles. The third-order valence-electron chi connectivity index (χ3n) is 2.40. The number of rotatable bonds is 5. The Morgan fingerprint density at radius 1 is 1.22 bits per heavy atom. The molecule has 0 atom stereocenters. The van der Waals surface area contributed by atoms with Crippen LogP contribution >= 0.6 is 0 Å². The first-order valence-corrected chi connectivity index (χ1v) is 7.09. The van der Waals surface area contributed by atoms with Gasteiger partial charge in [0.15, 0.2) is 0 Å². The van der Waals surface area contributed by atoms with E-state index in [-0.39, 0.29) is 18.8 Å². The molecule has 5 nitrogen and oxygen atoms in total. The van der Waals surface area contributed by atoms with Crippen LogP contribution in [0.1, 0.15) is 6.42 Å². The number of aromatic nitrogens is 1. The average molecular weight is 267 g/mol. The molecule has 0 saturated carbocycles. The zero-order chi connectivity index (χ0) is 13.0. The van der Waals surface area contributed by atoms with Gasteiger partial charge in [-0.3, -0.25) is 9.54 Å². The summed E-state index contributed by atoms with van der Waals surface area (Å²) < 4.78 is 35.2. The zero-order valence-electron chi connectivity index (χ0n) is 9.61. The summed E-state index contributed by atoms with van der Waals surface area (Å²) in [6.45, 7) is 0.218. The molecule has 2 aromatic rings. The molecule has 96 valence electrons. The lowest BCUT2D eigenvalue weighted by Crippen LogP contribution is -2.08. The highest BCUT2D eigenvalue weighted by molar-refractivity contribution is 7.85. The second kappa shape index (κ2) is 5.32. The third kappa shape index (κ3) is 3.41. The van der Waals surface area contributed by atoms with E-state index in [4.69, 9.17) is 9.29 Å². The Balaban J connectivity index is 2.04. The van der Waals surface area contributed by atoms with Gasteiger partial charge >= 0.3 is 0 Å². The highest BCUT2D eigenvalue weighted by Gasteiger charge is 2.05. The van der Waals surface area contributed by atoms with Gasteiger partial charge < -0.3 is 4.74 Å². The van der Waals surface area contributed by atoms with Gasteiger partial charge in [-0.05, 0) is 18.6 Å². The van der Waals surface area contributed by atoms with E-state index < -0.39 is 10.1 Å². The predicted molar refractivity (Wildman–Crippen MR) is 68.3 cm³/mol. The summed E-state index contributed by atoms with van der Waals surface area (Å²) in [6, 6.07) is 9.32. The maximum atomic E-state index is 10.5. The quantitative estimate of drug-likeness (QED) is 0.661. The van der Waals surface area contributed by atoms with Crippen molar-refractivity contribution >= 4 is 21.0 Å². The van der Waals surface area contributed by atoms with Crippen molar-refractivity contribution in [2.75, 3.05) is 12.4 Å². The largest absolute Gasteiger partial charge is 0.491 e. The van der Waals surface area contributed by atoms with Gasteiger partial charge in [-0.25, -0.2) is 0 Å². The lowest BCUT2D eigenvalue weighted by molar-refractivity contribution is 0.319. The minimum atomic E-state index is -3.92. The molecular formula is C12H13NO4S. The van der Waals surface area contributed by atoms with Crippen LogP contribution in [0.2, 0.25) is 0 Å². The third-order valence-corrected chi connectivity index (χ3v) is 3.20. The molecule has 0 amide bonds. The van der Waals surface area contributed by atoms with Crippen molar-refractivity contribution in [2.24, 2.45) is 0 Å². The van der Waals surface area contributed by atoms with Crippen LogP contribution in [-0.2, 0) is 10.1 Å². The summed E-state index contributed by atoms with van der Waals surface area (Å²) in [7, 11) is -3.92. The van der Waals surface area contributed by atoms with Crippen molar-refractivity contribution in [1.29, 1.82) is 0 Å². The van der Waals surface area contributed by atoms with Crippen LogP contribution in [0.15, 0.2) is 36.5 Å². The van der Waals surface area contributed by atoms with Gasteiger partial charge in [0.25, 0.3) is 10.1 Å². The molecule has 18 heavy (non-hydrogen) atoms. The van der Waals surface area contributed by atoms with Crippen molar-refractivity contribution in [2.45, 2.75) is 6.42 Å². The minimum Gasteiger partial charge on any atom is -0.491 e. The molecule has 0 fully saturated rings. The van der Waals surface area contributed by atoms with Gasteiger partial charge in [-0.15, -0.1) is 0 Å². The molecule has 0 aliphatic rings. The number of ether oxygens (including phenoxy) is 1. The van der Waals surface area contributed by atoms with E-state index in [0.717, 1.165) is 10.9 Å². The molecule has 0 spiro atoms. The number of hydrogen-bond donors (Lipinski definition) is 1. The van der Waals surface area contributed by atoms with Gasteiger partial charge in [0.05, 0.1) is 12.4 Å². The van der Waals surface area contributed by atoms with E-state index in [1.165, 1.54) is 0 Å². The molecular weight excluding hydrogens is 254 g/mol. The van der Waals surface area contributed by atoms with Crippen LogP contribution in [-0.4, -0.2) is 30.3 Å². The van der Waals surface area contributed by atoms with E-state index in [9.17, 15) is 8.42 Å². The standard InChI is InChI=1S/C12H13NO4S/c14-18(15,16)9-3-8-17-11-6-1-4-10-5-2-7-13-12(10)11/h1-2,4-7H,3,8-9H2,(H,14,15,16). The van der Waals surface area contributed by atoms with Crippen molar-refractivity contribution < 1.29 is 17.7 Å². The van der Waals surface area contributed by atoms with Crippen LogP contribution in [0.4, 0.5) is 0 Å². The lowest BCUT2D eigenvalue weighted by Gasteiger charge is -2.07. The molecule has 0 radical (unpaired) electrons. The molecule has 2 rings (SSSR count). The zero-order valence-corrected chi connectivity index (χ0v) is 10.4. The van der Waals surface area contributed by atoms with Crippen molar-refractivity contribution in [3.8, 4) is 5.75 Å². The van der Waals surface area contributed by atoms with E-state index in [1.54, 1.807) is 12.3 Å². The van der Waals surface area contributed by atoms with Crippen molar-refractivity contribution in [1.82, 2.24) is 4.98 Å². The van der Waals surface area contributed by atoms with Crippen molar-refractivity contribution in [3.63, 3.8) is 0 Å². The van der Waals surface area contributed by atoms with Gasteiger partial charge in [-0.2, -0.15) is 8.42 Å². The van der Waals surface area contributed by atoms with E-state index in [0.29, 0.717) is 5.75 Å². The van der Waals surface area contributed by atoms with Gasteiger partial charge in [0, 0.05) is 11.6 Å². The number of pyridine rings is 1. The van der Waals surface area contributed by atoms with Gasteiger partial charge in [0.2, 0.25) is 0 Å². The average Bonchev–Trinajstić information content (AvgIpc) is 2.33. The Morgan fingerprint density at radius 3 is 2.78 bits per heavy atom. The normalized spacial score (nSPS) is 11.6. The predicted octanol–water partition coefficient (Wildman–Crippen LogP) is 1.89. The van der Waals surface area contributed by atoms with Gasteiger partial charge in [-0.1, -0.05) is 18.2 Å². The molecule has 1 N–H and O–H groups in total. The molecule has 1 aromatic carbocycles.